The van der Waals surface area contributed by atoms with Gasteiger partial charge in [-0.15, -0.1) is 11.3 Å². The SMILES string of the molecule is OCc1csc(Sc2ccc(F)c(Cl)c2)n1. The standard InChI is InChI=1S/C10H7ClFNOS2/c11-8-3-7(1-2-9(8)12)16-10-13-6(4-14)5-15-10/h1-3,5,14H,4H2. The lowest BCUT2D eigenvalue weighted by atomic mass is 10.3. The number of aliphatic hydroxyl groups excluding tert-OH is 1. The van der Waals surface area contributed by atoms with Gasteiger partial charge < -0.3 is 5.11 Å². The van der Waals surface area contributed by atoms with E-state index < -0.39 is 5.82 Å². The lowest BCUT2D eigenvalue weighted by Crippen LogP contribution is -1.81. The Hall–Kier alpha value is -0.620. The number of rotatable bonds is 3. The van der Waals surface area contributed by atoms with Crippen molar-refractivity contribution in [2.24, 2.45) is 0 Å². The molecule has 0 saturated carbocycles. The Morgan fingerprint density at radius 2 is 2.31 bits per heavy atom. The first-order chi connectivity index (χ1) is 7.69. The Bertz CT molecular complexity index is 503. The highest BCUT2D eigenvalue weighted by Gasteiger charge is 2.06. The molecule has 0 radical (unpaired) electrons. The van der Waals surface area contributed by atoms with Crippen molar-refractivity contribution >= 4 is 34.7 Å². The number of hydrogen-bond acceptors (Lipinski definition) is 4. The van der Waals surface area contributed by atoms with Crippen molar-refractivity contribution in [2.75, 3.05) is 0 Å². The van der Waals surface area contributed by atoms with Crippen molar-refractivity contribution in [3.8, 4) is 0 Å². The van der Waals surface area contributed by atoms with Crippen LogP contribution in [0.1, 0.15) is 5.69 Å². The van der Waals surface area contributed by atoms with Crippen LogP contribution in [0, 0.1) is 5.82 Å². The van der Waals surface area contributed by atoms with E-state index in [1.807, 2.05) is 0 Å². The molecule has 2 rings (SSSR count). The quantitative estimate of drug-likeness (QED) is 0.929. The van der Waals surface area contributed by atoms with Crippen LogP contribution in [0.5, 0.6) is 0 Å². The second kappa shape index (κ2) is 5.14. The summed E-state index contributed by atoms with van der Waals surface area (Å²) in [4.78, 5) is 5.00. The first-order valence-corrected chi connectivity index (χ1v) is 6.44. The van der Waals surface area contributed by atoms with Crippen molar-refractivity contribution in [3.63, 3.8) is 0 Å². The van der Waals surface area contributed by atoms with Gasteiger partial charge in [-0.25, -0.2) is 9.37 Å². The van der Waals surface area contributed by atoms with E-state index in [1.54, 1.807) is 17.5 Å². The summed E-state index contributed by atoms with van der Waals surface area (Å²) in [5.74, 6) is -0.429. The minimum Gasteiger partial charge on any atom is -0.390 e. The molecule has 0 aliphatic heterocycles. The summed E-state index contributed by atoms with van der Waals surface area (Å²) >= 11 is 8.49. The largest absolute Gasteiger partial charge is 0.390 e. The lowest BCUT2D eigenvalue weighted by Gasteiger charge is -1.99. The van der Waals surface area contributed by atoms with Gasteiger partial charge in [0.2, 0.25) is 0 Å². The van der Waals surface area contributed by atoms with E-state index in [9.17, 15) is 4.39 Å². The van der Waals surface area contributed by atoms with E-state index in [1.165, 1.54) is 29.2 Å². The molecule has 0 aliphatic rings. The van der Waals surface area contributed by atoms with Crippen molar-refractivity contribution in [2.45, 2.75) is 15.8 Å². The third kappa shape index (κ3) is 2.74. The van der Waals surface area contributed by atoms with Crippen LogP contribution >= 0.6 is 34.7 Å². The van der Waals surface area contributed by atoms with Gasteiger partial charge in [0.1, 0.15) is 5.82 Å². The summed E-state index contributed by atoms with van der Waals surface area (Å²) in [6, 6.07) is 4.53. The third-order valence-electron chi connectivity index (χ3n) is 1.79. The Labute approximate surface area is 105 Å². The average Bonchev–Trinajstić information content (AvgIpc) is 2.71. The Morgan fingerprint density at radius 1 is 1.50 bits per heavy atom. The molecule has 0 aliphatic carbocycles. The number of aromatic nitrogens is 1. The van der Waals surface area contributed by atoms with Crippen molar-refractivity contribution in [1.29, 1.82) is 0 Å². The molecule has 0 bridgehead atoms. The van der Waals surface area contributed by atoms with E-state index in [2.05, 4.69) is 4.98 Å². The number of aliphatic hydroxyl groups is 1. The van der Waals surface area contributed by atoms with Crippen LogP contribution in [0.3, 0.4) is 0 Å². The third-order valence-corrected chi connectivity index (χ3v) is 4.06. The minimum atomic E-state index is -0.429. The second-order valence-electron chi connectivity index (χ2n) is 2.94. The van der Waals surface area contributed by atoms with Crippen LogP contribution in [0.25, 0.3) is 0 Å². The van der Waals surface area contributed by atoms with Crippen LogP contribution in [0.15, 0.2) is 32.8 Å². The summed E-state index contributed by atoms with van der Waals surface area (Å²) in [5.41, 5.74) is 0.640. The smallest absolute Gasteiger partial charge is 0.155 e. The van der Waals surface area contributed by atoms with E-state index in [0.29, 0.717) is 5.69 Å². The molecule has 0 amide bonds. The van der Waals surface area contributed by atoms with E-state index in [0.717, 1.165) is 9.24 Å². The average molecular weight is 276 g/mol. The molecule has 0 unspecified atom stereocenters. The first-order valence-electron chi connectivity index (χ1n) is 4.37. The molecule has 1 aromatic heterocycles. The maximum atomic E-state index is 12.9. The Morgan fingerprint density at radius 3 is 2.94 bits per heavy atom. The van der Waals surface area contributed by atoms with Crippen LogP contribution in [-0.2, 0) is 6.61 Å². The molecule has 1 aromatic carbocycles. The molecule has 2 nitrogen and oxygen atoms in total. The number of hydrogen-bond donors (Lipinski definition) is 1. The molecular formula is C10H7ClFNOS2. The molecule has 0 atom stereocenters. The predicted octanol–water partition coefficient (Wildman–Crippen LogP) is 3.58. The number of halogens is 2. The van der Waals surface area contributed by atoms with E-state index >= 15 is 0 Å². The van der Waals surface area contributed by atoms with Crippen LogP contribution in [0.2, 0.25) is 5.02 Å². The zero-order valence-corrected chi connectivity index (χ0v) is 10.4. The van der Waals surface area contributed by atoms with Crippen LogP contribution < -0.4 is 0 Å². The van der Waals surface area contributed by atoms with Gasteiger partial charge in [-0.2, -0.15) is 0 Å². The molecule has 0 spiro atoms. The van der Waals surface area contributed by atoms with Crippen LogP contribution in [0.4, 0.5) is 4.39 Å². The van der Waals surface area contributed by atoms with Crippen molar-refractivity contribution < 1.29 is 9.50 Å². The zero-order valence-electron chi connectivity index (χ0n) is 7.98. The van der Waals surface area contributed by atoms with Gasteiger partial charge in [0, 0.05) is 10.3 Å². The van der Waals surface area contributed by atoms with Gasteiger partial charge in [0.05, 0.1) is 17.3 Å². The number of thiazole rings is 1. The van der Waals surface area contributed by atoms with Gasteiger partial charge in [0.25, 0.3) is 0 Å². The molecular weight excluding hydrogens is 269 g/mol. The minimum absolute atomic E-state index is 0.0682. The summed E-state index contributed by atoms with van der Waals surface area (Å²) in [6.07, 6.45) is 0. The summed E-state index contributed by atoms with van der Waals surface area (Å²) in [6.45, 7) is -0.0682. The Balaban J connectivity index is 2.17. The summed E-state index contributed by atoms with van der Waals surface area (Å²) in [5, 5.41) is 10.7. The van der Waals surface area contributed by atoms with Gasteiger partial charge >= 0.3 is 0 Å². The molecule has 0 fully saturated rings. The maximum Gasteiger partial charge on any atom is 0.155 e. The predicted molar refractivity (Wildman–Crippen MR) is 63.6 cm³/mol. The van der Waals surface area contributed by atoms with Gasteiger partial charge in [-0.05, 0) is 18.2 Å². The lowest BCUT2D eigenvalue weighted by molar-refractivity contribution is 0.277. The first kappa shape index (κ1) is 11.9. The molecule has 6 heteroatoms. The topological polar surface area (TPSA) is 33.1 Å². The Kier molecular flexibility index (Phi) is 3.81. The highest BCUT2D eigenvalue weighted by atomic mass is 35.5. The molecule has 1 N–H and O–H groups in total. The van der Waals surface area contributed by atoms with Crippen LogP contribution in [-0.4, -0.2) is 10.1 Å². The molecule has 16 heavy (non-hydrogen) atoms. The van der Waals surface area contributed by atoms with E-state index in [4.69, 9.17) is 16.7 Å². The van der Waals surface area contributed by atoms with Gasteiger partial charge in [-0.3, -0.25) is 0 Å². The fourth-order valence-electron chi connectivity index (χ4n) is 1.05. The van der Waals surface area contributed by atoms with E-state index in [-0.39, 0.29) is 11.6 Å². The molecule has 2 aromatic rings. The summed E-state index contributed by atoms with van der Waals surface area (Å²) < 4.78 is 13.7. The highest BCUT2D eigenvalue weighted by Crippen LogP contribution is 2.32. The number of benzene rings is 1. The van der Waals surface area contributed by atoms with Gasteiger partial charge in [0.15, 0.2) is 4.34 Å². The molecule has 1 heterocycles. The normalized spacial score (nSPS) is 10.7. The monoisotopic (exact) mass is 275 g/mol. The van der Waals surface area contributed by atoms with Crippen molar-refractivity contribution in [1.82, 2.24) is 4.98 Å². The number of nitrogens with zero attached hydrogens (tertiary/aromatic N) is 1. The fraction of sp³-hybridized carbons (Fsp3) is 0.100. The fourth-order valence-corrected chi connectivity index (χ4v) is 3.13. The zero-order chi connectivity index (χ0) is 11.5. The van der Waals surface area contributed by atoms with Gasteiger partial charge in [-0.1, -0.05) is 23.4 Å². The second-order valence-corrected chi connectivity index (χ2v) is 5.53. The molecule has 0 saturated heterocycles. The highest BCUT2D eigenvalue weighted by molar-refractivity contribution is 8.01. The maximum absolute atomic E-state index is 12.9. The van der Waals surface area contributed by atoms with Crippen molar-refractivity contribution in [3.05, 3.63) is 40.1 Å². The molecule has 84 valence electrons. The summed E-state index contributed by atoms with van der Waals surface area (Å²) in [7, 11) is 0.